The zero-order valence-electron chi connectivity index (χ0n) is 15.5. The van der Waals surface area contributed by atoms with Crippen molar-refractivity contribution in [3.63, 3.8) is 0 Å². The number of rotatable bonds is 10. The van der Waals surface area contributed by atoms with Crippen molar-refractivity contribution in [2.75, 3.05) is 19.8 Å². The molecule has 0 aliphatic carbocycles. The molecule has 2 N–H and O–H groups in total. The normalized spacial score (nSPS) is 13.6. The average Bonchev–Trinajstić information content (AvgIpc) is 2.56. The van der Waals surface area contributed by atoms with Crippen LogP contribution in [0.1, 0.15) is 32.8 Å². The number of amides is 1. The highest BCUT2D eigenvalue weighted by Crippen LogP contribution is 2.33. The van der Waals surface area contributed by atoms with Gasteiger partial charge in [-0.3, -0.25) is 4.79 Å². The van der Waals surface area contributed by atoms with Crippen molar-refractivity contribution < 1.29 is 31.1 Å². The summed E-state index contributed by atoms with van der Waals surface area (Å²) in [6.07, 6.45) is -4.29. The van der Waals surface area contributed by atoms with Gasteiger partial charge in [0.2, 0.25) is 15.9 Å². The number of hydrogen-bond donors (Lipinski definition) is 2. The molecule has 6 nitrogen and oxygen atoms in total. The fourth-order valence-electron chi connectivity index (χ4n) is 2.14. The van der Waals surface area contributed by atoms with Gasteiger partial charge in [0.15, 0.2) is 0 Å². The van der Waals surface area contributed by atoms with Crippen LogP contribution in [0.3, 0.4) is 0 Å². The number of sulfonamides is 1. The number of nitrogens with one attached hydrogen (secondary N) is 2. The second-order valence-electron chi connectivity index (χ2n) is 6.45. The maximum atomic E-state index is 13.0. The molecular weight excluding hydrogens is 385 g/mol. The van der Waals surface area contributed by atoms with E-state index in [2.05, 4.69) is 5.32 Å². The molecule has 0 saturated carbocycles. The van der Waals surface area contributed by atoms with Crippen LogP contribution in [0.5, 0.6) is 0 Å². The van der Waals surface area contributed by atoms with E-state index in [-0.39, 0.29) is 6.54 Å². The van der Waals surface area contributed by atoms with Crippen molar-refractivity contribution in [3.8, 4) is 0 Å². The summed E-state index contributed by atoms with van der Waals surface area (Å²) in [7, 11) is -4.52. The monoisotopic (exact) mass is 410 g/mol. The Bertz CT molecular complexity index is 721. The molecule has 1 atom stereocenters. The fourth-order valence-corrected chi connectivity index (χ4v) is 3.57. The second kappa shape index (κ2) is 10.0. The molecule has 1 aromatic carbocycles. The number of benzene rings is 1. The predicted octanol–water partition coefficient (Wildman–Crippen LogP) is 2.55. The van der Waals surface area contributed by atoms with Crippen molar-refractivity contribution in [1.82, 2.24) is 10.0 Å². The van der Waals surface area contributed by atoms with Gasteiger partial charge in [0.25, 0.3) is 0 Å². The summed E-state index contributed by atoms with van der Waals surface area (Å²) >= 11 is 0. The van der Waals surface area contributed by atoms with Crippen molar-refractivity contribution >= 4 is 15.9 Å². The van der Waals surface area contributed by atoms with Crippen molar-refractivity contribution in [2.45, 2.75) is 44.3 Å². The zero-order valence-corrected chi connectivity index (χ0v) is 16.3. The van der Waals surface area contributed by atoms with Gasteiger partial charge < -0.3 is 10.1 Å². The Morgan fingerprint density at radius 2 is 1.81 bits per heavy atom. The lowest BCUT2D eigenvalue weighted by Gasteiger charge is -2.17. The Kier molecular flexibility index (Phi) is 8.70. The molecule has 154 valence electrons. The van der Waals surface area contributed by atoms with E-state index in [1.54, 1.807) is 0 Å². The van der Waals surface area contributed by atoms with Gasteiger partial charge in [-0.25, -0.2) is 8.42 Å². The van der Waals surface area contributed by atoms with Gasteiger partial charge in [0, 0.05) is 19.8 Å². The Morgan fingerprint density at radius 1 is 1.19 bits per heavy atom. The zero-order chi connectivity index (χ0) is 20.7. The third kappa shape index (κ3) is 7.86. The van der Waals surface area contributed by atoms with E-state index in [1.165, 1.54) is 13.0 Å². The van der Waals surface area contributed by atoms with Crippen molar-refractivity contribution in [3.05, 3.63) is 29.8 Å². The molecule has 1 rings (SSSR count). The molecule has 27 heavy (non-hydrogen) atoms. The molecule has 0 aromatic heterocycles. The van der Waals surface area contributed by atoms with E-state index in [0.717, 1.165) is 12.1 Å². The largest absolute Gasteiger partial charge is 0.417 e. The summed E-state index contributed by atoms with van der Waals surface area (Å²) in [5.41, 5.74) is -1.28. The smallest absolute Gasteiger partial charge is 0.381 e. The molecule has 1 amide bonds. The molecule has 0 aliphatic rings. The van der Waals surface area contributed by atoms with E-state index >= 15 is 0 Å². The summed E-state index contributed by atoms with van der Waals surface area (Å²) < 4.78 is 70.9. The van der Waals surface area contributed by atoms with Crippen LogP contribution in [-0.4, -0.2) is 40.1 Å². The minimum absolute atomic E-state index is 0.266. The second-order valence-corrected chi connectivity index (χ2v) is 8.13. The Morgan fingerprint density at radius 3 is 2.41 bits per heavy atom. The highest BCUT2D eigenvalue weighted by Gasteiger charge is 2.37. The maximum absolute atomic E-state index is 13.0. The first-order valence-electron chi connectivity index (χ1n) is 8.49. The predicted molar refractivity (Wildman–Crippen MR) is 94.5 cm³/mol. The van der Waals surface area contributed by atoms with Crippen LogP contribution >= 0.6 is 0 Å². The lowest BCUT2D eigenvalue weighted by molar-refractivity contribution is -0.139. The number of halogens is 3. The molecule has 0 fully saturated rings. The molecule has 0 bridgehead atoms. The molecule has 0 aliphatic heterocycles. The molecular formula is C17H25F3N2O4S. The van der Waals surface area contributed by atoms with Gasteiger partial charge in [-0.15, -0.1) is 0 Å². The van der Waals surface area contributed by atoms with Gasteiger partial charge in [-0.1, -0.05) is 26.0 Å². The minimum atomic E-state index is -4.83. The lowest BCUT2D eigenvalue weighted by Crippen LogP contribution is -2.45. The summed E-state index contributed by atoms with van der Waals surface area (Å²) in [4.78, 5) is 11.1. The summed E-state index contributed by atoms with van der Waals surface area (Å²) in [5, 5.41) is 2.52. The fraction of sp³-hybridized carbons (Fsp3) is 0.588. The third-order valence-corrected chi connectivity index (χ3v) is 5.02. The molecule has 0 spiro atoms. The quantitative estimate of drug-likeness (QED) is 0.581. The number of ether oxygens (including phenoxy) is 1. The summed E-state index contributed by atoms with van der Waals surface area (Å²) in [6, 6.07) is 2.58. The minimum Gasteiger partial charge on any atom is -0.381 e. The van der Waals surface area contributed by atoms with E-state index in [4.69, 9.17) is 4.74 Å². The Hall–Kier alpha value is -1.65. The summed E-state index contributed by atoms with van der Waals surface area (Å²) in [5.74, 6) is -0.236. The number of hydrogen-bond acceptors (Lipinski definition) is 4. The Balaban J connectivity index is 2.63. The van der Waals surface area contributed by atoms with E-state index < -0.39 is 38.6 Å². The van der Waals surface area contributed by atoms with Crippen molar-refractivity contribution in [1.29, 1.82) is 0 Å². The SMILES string of the molecule is CC(C)COCCCNC(=O)[C@H](C)NS(=O)(=O)c1ccccc1C(F)(F)F. The molecule has 0 unspecified atom stereocenters. The number of carbonyl (C=O) groups excluding carboxylic acids is 1. The average molecular weight is 410 g/mol. The molecule has 0 radical (unpaired) electrons. The van der Waals surface area contributed by atoms with Gasteiger partial charge in [0.05, 0.1) is 16.5 Å². The highest BCUT2D eigenvalue weighted by atomic mass is 32.2. The van der Waals surface area contributed by atoms with Gasteiger partial charge in [-0.05, 0) is 31.4 Å². The van der Waals surface area contributed by atoms with Crippen LogP contribution in [0.2, 0.25) is 0 Å². The molecule has 10 heteroatoms. The highest BCUT2D eigenvalue weighted by molar-refractivity contribution is 7.89. The molecule has 0 heterocycles. The van der Waals surface area contributed by atoms with Crippen LogP contribution in [-0.2, 0) is 25.7 Å². The van der Waals surface area contributed by atoms with Crippen LogP contribution in [0.25, 0.3) is 0 Å². The van der Waals surface area contributed by atoms with Crippen LogP contribution < -0.4 is 10.0 Å². The van der Waals surface area contributed by atoms with E-state index in [0.29, 0.717) is 31.6 Å². The van der Waals surface area contributed by atoms with Crippen LogP contribution in [0.15, 0.2) is 29.2 Å². The maximum Gasteiger partial charge on any atom is 0.417 e. The van der Waals surface area contributed by atoms with Gasteiger partial charge >= 0.3 is 6.18 Å². The first kappa shape index (κ1) is 23.4. The summed E-state index contributed by atoms with van der Waals surface area (Å²) in [6.45, 7) is 6.58. The Labute approximate surface area is 157 Å². The first-order chi connectivity index (χ1) is 12.4. The van der Waals surface area contributed by atoms with Gasteiger partial charge in [-0.2, -0.15) is 17.9 Å². The van der Waals surface area contributed by atoms with E-state index in [1.807, 2.05) is 18.6 Å². The molecule has 1 aromatic rings. The third-order valence-electron chi connectivity index (χ3n) is 3.42. The topological polar surface area (TPSA) is 84.5 Å². The van der Waals surface area contributed by atoms with E-state index in [9.17, 15) is 26.4 Å². The number of carbonyl (C=O) groups is 1. The van der Waals surface area contributed by atoms with Crippen LogP contribution in [0, 0.1) is 5.92 Å². The lowest BCUT2D eigenvalue weighted by atomic mass is 10.2. The first-order valence-corrected chi connectivity index (χ1v) is 9.97. The number of alkyl halides is 3. The van der Waals surface area contributed by atoms with Gasteiger partial charge in [0.1, 0.15) is 0 Å². The van der Waals surface area contributed by atoms with Crippen molar-refractivity contribution in [2.24, 2.45) is 5.92 Å². The van der Waals surface area contributed by atoms with Crippen LogP contribution in [0.4, 0.5) is 13.2 Å². The standard InChI is InChI=1S/C17H25F3N2O4S/c1-12(2)11-26-10-6-9-21-16(23)13(3)22-27(24,25)15-8-5-4-7-14(15)17(18,19)20/h4-5,7-8,12-13,22H,6,9-11H2,1-3H3,(H,21,23)/t13-/m0/s1. The molecule has 0 saturated heterocycles.